The Hall–Kier alpha value is -3.74. The van der Waals surface area contributed by atoms with Crippen LogP contribution >= 0.6 is 11.6 Å². The summed E-state index contributed by atoms with van der Waals surface area (Å²) in [5.74, 6) is -0.749. The zero-order valence-electron chi connectivity index (χ0n) is 22.7. The molecular weight excluding hydrogens is 527 g/mol. The van der Waals surface area contributed by atoms with Gasteiger partial charge in [0.05, 0.1) is 23.3 Å². The van der Waals surface area contributed by atoms with Crippen LogP contribution in [-0.4, -0.2) is 29.0 Å². The Balaban J connectivity index is 1.61. The molecule has 0 aliphatic carbocycles. The van der Waals surface area contributed by atoms with Crippen molar-refractivity contribution in [2.24, 2.45) is 0 Å². The van der Waals surface area contributed by atoms with E-state index in [1.54, 1.807) is 19.1 Å². The number of rotatable bonds is 8. The van der Waals surface area contributed by atoms with Crippen LogP contribution in [0.3, 0.4) is 0 Å². The molecule has 2 heterocycles. The number of hydrogen-bond donors (Lipinski definition) is 0. The van der Waals surface area contributed by atoms with Gasteiger partial charge in [-0.25, -0.2) is 13.9 Å². The van der Waals surface area contributed by atoms with E-state index < -0.39 is 0 Å². The summed E-state index contributed by atoms with van der Waals surface area (Å²) >= 11 is 6.57. The van der Waals surface area contributed by atoms with Crippen LogP contribution in [0.1, 0.15) is 68.0 Å². The van der Waals surface area contributed by atoms with E-state index in [1.165, 1.54) is 18.2 Å². The molecule has 0 amide bonds. The number of fused-ring (bicyclic) bond motifs is 1. The summed E-state index contributed by atoms with van der Waals surface area (Å²) in [6, 6.07) is 18.8. The Kier molecular flexibility index (Phi) is 8.78. The van der Waals surface area contributed by atoms with Crippen molar-refractivity contribution in [3.63, 3.8) is 0 Å². The van der Waals surface area contributed by atoms with Gasteiger partial charge in [-0.05, 0) is 96.3 Å². The third-order valence-electron chi connectivity index (χ3n) is 7.12. The number of esters is 1. The SMILES string of the molecule is CCOC(=O)/C=C/c1ccc(/C(=C(/CC)c2ccc(F)cc2Cl)c2ccc3c(cnn3C3CCCCO3)c2)cc1. The van der Waals surface area contributed by atoms with E-state index >= 15 is 0 Å². The minimum absolute atomic E-state index is 0.0495. The third kappa shape index (κ3) is 6.03. The van der Waals surface area contributed by atoms with Crippen LogP contribution in [0.2, 0.25) is 5.02 Å². The number of carbonyl (C=O) groups is 1. The normalized spacial score (nSPS) is 16.4. The van der Waals surface area contributed by atoms with Crippen molar-refractivity contribution in [1.29, 1.82) is 0 Å². The second kappa shape index (κ2) is 12.6. The van der Waals surface area contributed by atoms with Crippen molar-refractivity contribution in [2.75, 3.05) is 13.2 Å². The first-order valence-electron chi connectivity index (χ1n) is 13.7. The number of allylic oxidation sites excluding steroid dienone is 1. The quantitative estimate of drug-likeness (QED) is 0.124. The summed E-state index contributed by atoms with van der Waals surface area (Å²) in [5, 5.41) is 6.05. The van der Waals surface area contributed by atoms with Crippen LogP contribution in [0.4, 0.5) is 4.39 Å². The molecule has 0 radical (unpaired) electrons. The van der Waals surface area contributed by atoms with Gasteiger partial charge in [-0.2, -0.15) is 5.10 Å². The molecule has 5 rings (SSSR count). The first kappa shape index (κ1) is 27.8. The van der Waals surface area contributed by atoms with Crippen LogP contribution in [0.15, 0.2) is 72.9 Å². The molecule has 1 fully saturated rings. The summed E-state index contributed by atoms with van der Waals surface area (Å²) < 4.78 is 26.9. The zero-order chi connectivity index (χ0) is 28.1. The monoisotopic (exact) mass is 558 g/mol. The molecule has 1 atom stereocenters. The smallest absolute Gasteiger partial charge is 0.330 e. The molecule has 1 aromatic heterocycles. The zero-order valence-corrected chi connectivity index (χ0v) is 23.5. The highest BCUT2D eigenvalue weighted by Gasteiger charge is 2.20. The number of hydrogen-bond acceptors (Lipinski definition) is 4. The average molecular weight is 559 g/mol. The molecule has 1 unspecified atom stereocenters. The molecule has 206 valence electrons. The van der Waals surface area contributed by atoms with Crippen molar-refractivity contribution in [3.8, 4) is 0 Å². The molecule has 1 saturated heterocycles. The van der Waals surface area contributed by atoms with E-state index in [2.05, 4.69) is 30.2 Å². The molecule has 0 N–H and O–H groups in total. The lowest BCUT2D eigenvalue weighted by Gasteiger charge is -2.23. The van der Waals surface area contributed by atoms with Gasteiger partial charge in [-0.15, -0.1) is 0 Å². The van der Waals surface area contributed by atoms with Gasteiger partial charge >= 0.3 is 5.97 Å². The minimum Gasteiger partial charge on any atom is -0.463 e. The summed E-state index contributed by atoms with van der Waals surface area (Å²) in [7, 11) is 0. The van der Waals surface area contributed by atoms with Crippen molar-refractivity contribution in [2.45, 2.75) is 45.8 Å². The van der Waals surface area contributed by atoms with Gasteiger partial charge in [-0.1, -0.05) is 54.9 Å². The molecule has 0 bridgehead atoms. The summed E-state index contributed by atoms with van der Waals surface area (Å²) in [6.07, 6.45) is 8.82. The predicted octanol–water partition coefficient (Wildman–Crippen LogP) is 8.47. The number of halogens is 2. The second-order valence-electron chi connectivity index (χ2n) is 9.72. The Morgan fingerprint density at radius 1 is 1.10 bits per heavy atom. The van der Waals surface area contributed by atoms with Gasteiger partial charge in [0.25, 0.3) is 0 Å². The average Bonchev–Trinajstić information content (AvgIpc) is 3.40. The molecule has 1 aliphatic rings. The van der Waals surface area contributed by atoms with E-state index in [4.69, 9.17) is 21.1 Å². The molecule has 3 aromatic carbocycles. The van der Waals surface area contributed by atoms with Gasteiger partial charge in [0.1, 0.15) is 5.82 Å². The highest BCUT2D eigenvalue weighted by Crippen LogP contribution is 2.39. The molecule has 1 aliphatic heterocycles. The molecule has 7 heteroatoms. The topological polar surface area (TPSA) is 53.3 Å². The maximum Gasteiger partial charge on any atom is 0.330 e. The Labute approximate surface area is 238 Å². The van der Waals surface area contributed by atoms with E-state index in [9.17, 15) is 9.18 Å². The fourth-order valence-electron chi connectivity index (χ4n) is 5.22. The number of nitrogens with zero attached hydrogens (tertiary/aromatic N) is 2. The molecule has 0 saturated carbocycles. The van der Waals surface area contributed by atoms with Crippen LogP contribution in [0.5, 0.6) is 0 Å². The predicted molar refractivity (Wildman–Crippen MR) is 158 cm³/mol. The fraction of sp³-hybridized carbons (Fsp3) is 0.273. The summed E-state index contributed by atoms with van der Waals surface area (Å²) in [4.78, 5) is 11.8. The molecular formula is C33H32ClFN2O3. The van der Waals surface area contributed by atoms with Crippen LogP contribution < -0.4 is 0 Å². The number of ether oxygens (including phenoxy) is 2. The number of aromatic nitrogens is 2. The maximum absolute atomic E-state index is 14.0. The van der Waals surface area contributed by atoms with Crippen molar-refractivity contribution >= 4 is 45.7 Å². The van der Waals surface area contributed by atoms with E-state index in [0.717, 1.165) is 70.2 Å². The van der Waals surface area contributed by atoms with E-state index in [-0.39, 0.29) is 18.0 Å². The van der Waals surface area contributed by atoms with E-state index in [0.29, 0.717) is 18.1 Å². The van der Waals surface area contributed by atoms with Crippen molar-refractivity contribution in [1.82, 2.24) is 9.78 Å². The van der Waals surface area contributed by atoms with Crippen LogP contribution in [0.25, 0.3) is 28.1 Å². The summed E-state index contributed by atoms with van der Waals surface area (Å²) in [6.45, 7) is 4.93. The molecule has 40 heavy (non-hydrogen) atoms. The highest BCUT2D eigenvalue weighted by atomic mass is 35.5. The number of benzene rings is 3. The molecule has 0 spiro atoms. The van der Waals surface area contributed by atoms with Crippen molar-refractivity contribution in [3.05, 3.63) is 106 Å². The first-order valence-corrected chi connectivity index (χ1v) is 14.1. The first-order chi connectivity index (χ1) is 19.5. The highest BCUT2D eigenvalue weighted by molar-refractivity contribution is 6.32. The van der Waals surface area contributed by atoms with Gasteiger partial charge < -0.3 is 9.47 Å². The van der Waals surface area contributed by atoms with Crippen LogP contribution in [-0.2, 0) is 14.3 Å². The van der Waals surface area contributed by atoms with Crippen molar-refractivity contribution < 1.29 is 18.7 Å². The standard InChI is InChI=1S/C33H32ClFN2O3/c1-3-27(28-15-14-26(35)20-29(28)34)33(23-11-8-22(9-12-23)10-17-32(38)39-4-2)24-13-16-30-25(19-24)21-36-37(30)31-7-5-6-18-40-31/h8-17,19-21,31H,3-7,18H2,1-2H3/b17-10+,33-27+. The Morgan fingerprint density at radius 3 is 2.60 bits per heavy atom. The Bertz CT molecular complexity index is 1570. The second-order valence-corrected chi connectivity index (χ2v) is 10.1. The van der Waals surface area contributed by atoms with Gasteiger partial charge in [-0.3, -0.25) is 0 Å². The Morgan fingerprint density at radius 2 is 1.90 bits per heavy atom. The maximum atomic E-state index is 14.0. The third-order valence-corrected chi connectivity index (χ3v) is 7.43. The van der Waals surface area contributed by atoms with Gasteiger partial charge in [0.15, 0.2) is 6.23 Å². The number of carbonyl (C=O) groups excluding carboxylic acids is 1. The summed E-state index contributed by atoms with van der Waals surface area (Å²) in [5.41, 5.74) is 6.67. The lowest BCUT2D eigenvalue weighted by molar-refractivity contribution is -0.137. The van der Waals surface area contributed by atoms with Gasteiger partial charge in [0, 0.05) is 18.1 Å². The molecule has 4 aromatic rings. The lowest BCUT2D eigenvalue weighted by atomic mass is 9.87. The fourth-order valence-corrected chi connectivity index (χ4v) is 5.50. The minimum atomic E-state index is -0.376. The van der Waals surface area contributed by atoms with Crippen LogP contribution in [0, 0.1) is 5.82 Å². The van der Waals surface area contributed by atoms with Gasteiger partial charge in [0.2, 0.25) is 0 Å². The van der Waals surface area contributed by atoms with E-state index in [1.807, 2.05) is 35.1 Å². The lowest BCUT2D eigenvalue weighted by Crippen LogP contribution is -2.18. The molecule has 5 nitrogen and oxygen atoms in total. The largest absolute Gasteiger partial charge is 0.463 e.